The molecule has 2 heterocycles. The standard InChI is InChI=1S/C11H14N2O3S/c14-10(9-2-1-4-12-11(9)17)13-6-8-3-5-15-7-16-8/h1-2,4,8H,3,5-7H2,(H,12,17)(H,13,14)/t8-/m0/s1. The monoisotopic (exact) mass is 254 g/mol. The number of pyridine rings is 1. The van der Waals surface area contributed by atoms with Gasteiger partial charge in [-0.3, -0.25) is 4.79 Å². The molecule has 1 aromatic heterocycles. The van der Waals surface area contributed by atoms with Crippen LogP contribution < -0.4 is 5.32 Å². The fourth-order valence-corrected chi connectivity index (χ4v) is 1.79. The number of aromatic nitrogens is 1. The molecule has 1 amide bonds. The molecule has 1 aromatic rings. The van der Waals surface area contributed by atoms with Crippen LogP contribution in [0.3, 0.4) is 0 Å². The Bertz CT molecular complexity index is 440. The van der Waals surface area contributed by atoms with Crippen LogP contribution in [0.25, 0.3) is 0 Å². The number of ether oxygens (including phenoxy) is 2. The van der Waals surface area contributed by atoms with E-state index in [1.807, 2.05) is 0 Å². The lowest BCUT2D eigenvalue weighted by atomic mass is 10.2. The van der Waals surface area contributed by atoms with Gasteiger partial charge in [0.1, 0.15) is 11.4 Å². The number of amides is 1. The number of H-pyrrole nitrogens is 1. The Morgan fingerprint density at radius 3 is 3.24 bits per heavy atom. The second kappa shape index (κ2) is 5.90. The summed E-state index contributed by atoms with van der Waals surface area (Å²) in [5.74, 6) is -0.179. The number of carbonyl (C=O) groups excluding carboxylic acids is 1. The molecule has 0 bridgehead atoms. The summed E-state index contributed by atoms with van der Waals surface area (Å²) in [6, 6.07) is 3.44. The van der Waals surface area contributed by atoms with Gasteiger partial charge in [-0.15, -0.1) is 0 Å². The average molecular weight is 254 g/mol. The maximum Gasteiger partial charge on any atom is 0.254 e. The van der Waals surface area contributed by atoms with E-state index in [0.29, 0.717) is 30.1 Å². The van der Waals surface area contributed by atoms with Crippen molar-refractivity contribution in [3.63, 3.8) is 0 Å². The van der Waals surface area contributed by atoms with E-state index in [1.165, 1.54) is 0 Å². The molecule has 0 unspecified atom stereocenters. The van der Waals surface area contributed by atoms with Crippen LogP contribution in [-0.2, 0) is 9.47 Å². The van der Waals surface area contributed by atoms with Gasteiger partial charge in [-0.05, 0) is 18.6 Å². The van der Waals surface area contributed by atoms with Gasteiger partial charge in [-0.2, -0.15) is 0 Å². The Balaban J connectivity index is 1.89. The summed E-state index contributed by atoms with van der Waals surface area (Å²) in [5, 5.41) is 2.80. The summed E-state index contributed by atoms with van der Waals surface area (Å²) in [5.41, 5.74) is 0.481. The van der Waals surface area contributed by atoms with Crippen LogP contribution in [0.5, 0.6) is 0 Å². The number of hydrogen-bond donors (Lipinski definition) is 2. The Kier molecular flexibility index (Phi) is 4.24. The third-order valence-corrected chi connectivity index (χ3v) is 2.86. The molecule has 0 saturated carbocycles. The quantitative estimate of drug-likeness (QED) is 0.797. The zero-order valence-corrected chi connectivity index (χ0v) is 10.1. The minimum absolute atomic E-state index is 0.0222. The molecule has 1 atom stereocenters. The van der Waals surface area contributed by atoms with Crippen LogP contribution in [0.4, 0.5) is 0 Å². The van der Waals surface area contributed by atoms with Crippen LogP contribution in [0, 0.1) is 4.64 Å². The van der Waals surface area contributed by atoms with Crippen molar-refractivity contribution >= 4 is 18.1 Å². The lowest BCUT2D eigenvalue weighted by Crippen LogP contribution is -2.37. The van der Waals surface area contributed by atoms with Gasteiger partial charge < -0.3 is 19.8 Å². The Morgan fingerprint density at radius 1 is 1.65 bits per heavy atom. The van der Waals surface area contributed by atoms with Crippen molar-refractivity contribution in [2.75, 3.05) is 19.9 Å². The minimum atomic E-state index is -0.179. The number of hydrogen-bond acceptors (Lipinski definition) is 4. The molecular formula is C11H14N2O3S. The molecule has 1 aliphatic rings. The van der Waals surface area contributed by atoms with E-state index >= 15 is 0 Å². The van der Waals surface area contributed by atoms with E-state index in [-0.39, 0.29) is 12.0 Å². The molecule has 0 aliphatic carbocycles. The third kappa shape index (κ3) is 3.36. The van der Waals surface area contributed by atoms with Gasteiger partial charge in [0.2, 0.25) is 0 Å². The predicted octanol–water partition coefficient (Wildman–Crippen LogP) is 1.24. The summed E-state index contributed by atoms with van der Waals surface area (Å²) in [6.07, 6.45) is 2.51. The molecule has 1 fully saturated rings. The smallest absolute Gasteiger partial charge is 0.254 e. The van der Waals surface area contributed by atoms with Crippen molar-refractivity contribution in [2.45, 2.75) is 12.5 Å². The molecule has 2 N–H and O–H groups in total. The first-order valence-electron chi connectivity index (χ1n) is 5.42. The van der Waals surface area contributed by atoms with E-state index < -0.39 is 0 Å². The van der Waals surface area contributed by atoms with Crippen molar-refractivity contribution < 1.29 is 14.3 Å². The molecule has 5 nitrogen and oxygen atoms in total. The van der Waals surface area contributed by atoms with Crippen molar-refractivity contribution in [3.8, 4) is 0 Å². The van der Waals surface area contributed by atoms with Crippen LogP contribution in [0.1, 0.15) is 16.8 Å². The zero-order valence-electron chi connectivity index (χ0n) is 9.27. The largest absolute Gasteiger partial charge is 0.355 e. The van der Waals surface area contributed by atoms with Crippen molar-refractivity contribution in [2.24, 2.45) is 0 Å². The Morgan fingerprint density at radius 2 is 2.53 bits per heavy atom. The van der Waals surface area contributed by atoms with Crippen LogP contribution in [0.2, 0.25) is 0 Å². The predicted molar refractivity (Wildman–Crippen MR) is 64.3 cm³/mol. The molecule has 17 heavy (non-hydrogen) atoms. The highest BCUT2D eigenvalue weighted by molar-refractivity contribution is 7.71. The van der Waals surface area contributed by atoms with E-state index in [4.69, 9.17) is 21.7 Å². The summed E-state index contributed by atoms with van der Waals surface area (Å²) < 4.78 is 10.8. The number of carbonyl (C=O) groups is 1. The maximum absolute atomic E-state index is 11.8. The highest BCUT2D eigenvalue weighted by Gasteiger charge is 2.15. The number of aromatic amines is 1. The Labute approximate surface area is 104 Å². The third-order valence-electron chi connectivity index (χ3n) is 2.52. The molecule has 6 heteroatoms. The second-order valence-electron chi connectivity index (χ2n) is 3.73. The number of nitrogens with one attached hydrogen (secondary N) is 2. The van der Waals surface area contributed by atoms with Crippen molar-refractivity contribution in [1.82, 2.24) is 10.3 Å². The lowest BCUT2D eigenvalue weighted by Gasteiger charge is -2.22. The van der Waals surface area contributed by atoms with Gasteiger partial charge in [0.25, 0.3) is 5.91 Å². The molecule has 1 saturated heterocycles. The highest BCUT2D eigenvalue weighted by Crippen LogP contribution is 2.05. The highest BCUT2D eigenvalue weighted by atomic mass is 32.1. The summed E-state index contributed by atoms with van der Waals surface area (Å²) in [7, 11) is 0. The van der Waals surface area contributed by atoms with Crippen LogP contribution >= 0.6 is 12.2 Å². The molecule has 0 radical (unpaired) electrons. The van der Waals surface area contributed by atoms with E-state index in [2.05, 4.69) is 10.3 Å². The fraction of sp³-hybridized carbons (Fsp3) is 0.455. The molecule has 1 aliphatic heterocycles. The van der Waals surface area contributed by atoms with Gasteiger partial charge in [-0.25, -0.2) is 0 Å². The first-order chi connectivity index (χ1) is 8.27. The van der Waals surface area contributed by atoms with Gasteiger partial charge in [-0.1, -0.05) is 12.2 Å². The summed E-state index contributed by atoms with van der Waals surface area (Å²) >= 11 is 5.03. The van der Waals surface area contributed by atoms with E-state index in [9.17, 15) is 4.79 Å². The molecular weight excluding hydrogens is 240 g/mol. The Hall–Kier alpha value is -1.24. The van der Waals surface area contributed by atoms with Crippen LogP contribution in [-0.4, -0.2) is 36.9 Å². The van der Waals surface area contributed by atoms with Gasteiger partial charge in [0.05, 0.1) is 18.3 Å². The summed E-state index contributed by atoms with van der Waals surface area (Å²) in [6.45, 7) is 1.45. The molecule has 0 spiro atoms. The van der Waals surface area contributed by atoms with Gasteiger partial charge >= 0.3 is 0 Å². The molecule has 2 rings (SSSR count). The first kappa shape index (κ1) is 12.2. The van der Waals surface area contributed by atoms with Crippen molar-refractivity contribution in [3.05, 3.63) is 28.5 Å². The normalized spacial score (nSPS) is 19.9. The summed E-state index contributed by atoms with van der Waals surface area (Å²) in [4.78, 5) is 14.6. The number of rotatable bonds is 3. The van der Waals surface area contributed by atoms with E-state index in [1.54, 1.807) is 18.3 Å². The van der Waals surface area contributed by atoms with Gasteiger partial charge in [0.15, 0.2) is 0 Å². The lowest BCUT2D eigenvalue weighted by molar-refractivity contribution is -0.136. The second-order valence-corrected chi connectivity index (χ2v) is 4.13. The maximum atomic E-state index is 11.8. The van der Waals surface area contributed by atoms with Gasteiger partial charge in [0, 0.05) is 12.7 Å². The SMILES string of the molecule is O=C(NC[C@@H]1CCOCO1)c1ccc[nH]c1=S. The first-order valence-corrected chi connectivity index (χ1v) is 5.83. The molecule has 92 valence electrons. The topological polar surface area (TPSA) is 63.4 Å². The fourth-order valence-electron chi connectivity index (χ4n) is 1.56. The minimum Gasteiger partial charge on any atom is -0.355 e. The zero-order chi connectivity index (χ0) is 12.1. The average Bonchev–Trinajstić information content (AvgIpc) is 2.38. The van der Waals surface area contributed by atoms with E-state index in [0.717, 1.165) is 6.42 Å². The van der Waals surface area contributed by atoms with Crippen LogP contribution in [0.15, 0.2) is 18.3 Å². The molecule has 0 aromatic carbocycles. The van der Waals surface area contributed by atoms with Crippen molar-refractivity contribution in [1.29, 1.82) is 0 Å².